The summed E-state index contributed by atoms with van der Waals surface area (Å²) in [6.45, 7) is 6.89. The molecular formula is C20H36N2O10. The van der Waals surface area contributed by atoms with Gasteiger partial charge >= 0.3 is 0 Å². The predicted molar refractivity (Wildman–Crippen MR) is 109 cm³/mol. The average Bonchev–Trinajstić information content (AvgIpc) is 2.68. The summed E-state index contributed by atoms with van der Waals surface area (Å²) >= 11 is 0. The highest BCUT2D eigenvalue weighted by atomic mass is 16.7. The van der Waals surface area contributed by atoms with Gasteiger partial charge in [0.2, 0.25) is 11.8 Å². The molecule has 2 rings (SSSR count). The Kier molecular flexibility index (Phi) is 8.98. The van der Waals surface area contributed by atoms with Crippen LogP contribution in [-0.4, -0.2) is 112 Å². The number of carbonyl (C=O) groups is 2. The van der Waals surface area contributed by atoms with Gasteiger partial charge in [0.25, 0.3) is 0 Å². The molecule has 10 atom stereocenters. The van der Waals surface area contributed by atoms with Crippen LogP contribution < -0.4 is 10.6 Å². The molecule has 2 fully saturated rings. The summed E-state index contributed by atoms with van der Waals surface area (Å²) in [6, 6.07) is -2.14. The van der Waals surface area contributed by atoms with Crippen molar-refractivity contribution in [3.8, 4) is 0 Å². The number of carbonyl (C=O) groups excluding carboxylic acids is 2. The summed E-state index contributed by atoms with van der Waals surface area (Å²) in [5.74, 6) is -0.944. The van der Waals surface area contributed by atoms with Crippen molar-refractivity contribution in [3.63, 3.8) is 0 Å². The Morgan fingerprint density at radius 3 is 1.84 bits per heavy atom. The normalized spacial score (nSPS) is 40.6. The number of ether oxygens (including phenoxy) is 3. The van der Waals surface area contributed by atoms with E-state index in [4.69, 9.17) is 14.2 Å². The van der Waals surface area contributed by atoms with Crippen LogP contribution in [0.2, 0.25) is 0 Å². The topological polar surface area (TPSA) is 187 Å². The van der Waals surface area contributed by atoms with Gasteiger partial charge in [0.1, 0.15) is 42.7 Å². The van der Waals surface area contributed by atoms with E-state index in [-0.39, 0.29) is 0 Å². The molecule has 2 saturated heterocycles. The molecule has 0 aromatic rings. The lowest BCUT2D eigenvalue weighted by molar-refractivity contribution is -0.318. The number of amides is 2. The first kappa shape index (κ1) is 26.9. The van der Waals surface area contributed by atoms with Crippen molar-refractivity contribution in [3.05, 3.63) is 0 Å². The first-order valence-corrected chi connectivity index (χ1v) is 10.6. The summed E-state index contributed by atoms with van der Waals surface area (Å²) < 4.78 is 17.4. The van der Waals surface area contributed by atoms with Crippen molar-refractivity contribution in [2.24, 2.45) is 5.41 Å². The second-order valence-electron chi connectivity index (χ2n) is 9.39. The third-order valence-electron chi connectivity index (χ3n) is 5.66. The van der Waals surface area contributed by atoms with Crippen LogP contribution in [0.1, 0.15) is 34.6 Å². The Morgan fingerprint density at radius 2 is 1.38 bits per heavy atom. The molecule has 7 N–H and O–H groups in total. The fraction of sp³-hybridized carbons (Fsp3) is 0.900. The van der Waals surface area contributed by atoms with Crippen LogP contribution in [0.25, 0.3) is 0 Å². The molecule has 32 heavy (non-hydrogen) atoms. The van der Waals surface area contributed by atoms with E-state index in [2.05, 4.69) is 10.6 Å². The van der Waals surface area contributed by atoms with Crippen molar-refractivity contribution in [1.82, 2.24) is 10.6 Å². The molecule has 2 aliphatic heterocycles. The predicted octanol–water partition coefficient (Wildman–Crippen LogP) is -3.01. The summed E-state index contributed by atoms with van der Waals surface area (Å²) in [5.41, 5.74) is -0.519. The van der Waals surface area contributed by atoms with E-state index in [9.17, 15) is 35.1 Å². The van der Waals surface area contributed by atoms with Crippen LogP contribution in [0, 0.1) is 5.41 Å². The van der Waals surface area contributed by atoms with Crippen molar-refractivity contribution in [1.29, 1.82) is 0 Å². The largest absolute Gasteiger partial charge is 0.394 e. The third-order valence-corrected chi connectivity index (χ3v) is 5.66. The smallest absolute Gasteiger partial charge is 0.217 e. The SMILES string of the molecule is CC(=O)NC1C(OC2C(O)C(NC(C)=O)C(C(C)(C)C)O[C@H]2CO)OC(CO)C(O)C1O. The van der Waals surface area contributed by atoms with Gasteiger partial charge in [-0.05, 0) is 5.41 Å². The van der Waals surface area contributed by atoms with Gasteiger partial charge in [-0.1, -0.05) is 20.8 Å². The van der Waals surface area contributed by atoms with E-state index >= 15 is 0 Å². The molecule has 0 aromatic carbocycles. The van der Waals surface area contributed by atoms with Gasteiger partial charge in [-0.2, -0.15) is 0 Å². The zero-order valence-corrected chi connectivity index (χ0v) is 19.0. The molecule has 12 nitrogen and oxygen atoms in total. The molecule has 12 heteroatoms. The number of hydrogen-bond acceptors (Lipinski definition) is 10. The first-order chi connectivity index (χ1) is 14.8. The van der Waals surface area contributed by atoms with Crippen LogP contribution in [0.15, 0.2) is 0 Å². The molecule has 2 aliphatic rings. The number of hydrogen-bond donors (Lipinski definition) is 7. The fourth-order valence-corrected chi connectivity index (χ4v) is 4.15. The number of aliphatic hydroxyl groups excluding tert-OH is 5. The second kappa shape index (κ2) is 10.7. The van der Waals surface area contributed by atoms with Crippen LogP contribution in [0.4, 0.5) is 0 Å². The maximum absolute atomic E-state index is 11.8. The van der Waals surface area contributed by atoms with E-state index in [0.717, 1.165) is 0 Å². The Morgan fingerprint density at radius 1 is 0.844 bits per heavy atom. The lowest BCUT2D eigenvalue weighted by Crippen LogP contribution is -2.70. The van der Waals surface area contributed by atoms with Gasteiger partial charge < -0.3 is 50.4 Å². The highest BCUT2D eigenvalue weighted by Gasteiger charge is 2.53. The summed E-state index contributed by atoms with van der Waals surface area (Å²) in [6.07, 6.45) is -9.97. The monoisotopic (exact) mass is 464 g/mol. The average molecular weight is 465 g/mol. The van der Waals surface area contributed by atoms with Gasteiger partial charge in [-0.25, -0.2) is 0 Å². The lowest BCUT2D eigenvalue weighted by Gasteiger charge is -2.50. The minimum atomic E-state index is -1.54. The lowest BCUT2D eigenvalue weighted by atomic mass is 9.78. The van der Waals surface area contributed by atoms with E-state index in [1.54, 1.807) is 0 Å². The van der Waals surface area contributed by atoms with Gasteiger partial charge in [0.15, 0.2) is 6.29 Å². The zero-order valence-electron chi connectivity index (χ0n) is 19.0. The van der Waals surface area contributed by atoms with Crippen molar-refractivity contribution in [2.75, 3.05) is 13.2 Å². The summed E-state index contributed by atoms with van der Waals surface area (Å²) in [7, 11) is 0. The molecule has 0 aliphatic carbocycles. The minimum Gasteiger partial charge on any atom is -0.394 e. The highest BCUT2D eigenvalue weighted by Crippen LogP contribution is 2.35. The van der Waals surface area contributed by atoms with Crippen molar-refractivity contribution >= 4 is 11.8 Å². The number of rotatable bonds is 6. The summed E-state index contributed by atoms with van der Waals surface area (Å²) in [5, 5.41) is 56.2. The van der Waals surface area contributed by atoms with Crippen molar-refractivity contribution in [2.45, 2.75) is 95.7 Å². The quantitative estimate of drug-likeness (QED) is 0.213. The highest BCUT2D eigenvalue weighted by molar-refractivity contribution is 5.73. The van der Waals surface area contributed by atoms with Crippen LogP contribution >= 0.6 is 0 Å². The zero-order chi connectivity index (χ0) is 24.4. The van der Waals surface area contributed by atoms with Gasteiger partial charge in [-0.3, -0.25) is 9.59 Å². The molecule has 2 heterocycles. The third kappa shape index (κ3) is 5.94. The Labute approximate surface area is 186 Å². The van der Waals surface area contributed by atoms with Crippen LogP contribution in [0.5, 0.6) is 0 Å². The standard InChI is InChI=1S/C20H36N2O10/c1-8(25)21-12-16(29)17(11(7-24)30-18(12)20(3,4)5)32-19-13(22-9(2)26)15(28)14(27)10(6-23)31-19/h10-19,23-24,27-29H,6-7H2,1-5H3,(H,21,25)(H,22,26)/t10?,11-,12?,13?,14?,15?,16?,17?,18?,19?/m0/s1. The minimum absolute atomic E-state index is 0.406. The van der Waals surface area contributed by atoms with E-state index in [1.807, 2.05) is 20.8 Å². The van der Waals surface area contributed by atoms with Crippen LogP contribution in [0.3, 0.4) is 0 Å². The van der Waals surface area contributed by atoms with Crippen LogP contribution in [-0.2, 0) is 23.8 Å². The van der Waals surface area contributed by atoms with Gasteiger partial charge in [0, 0.05) is 13.8 Å². The molecule has 0 spiro atoms. The molecule has 0 saturated carbocycles. The Hall–Kier alpha value is -1.38. The van der Waals surface area contributed by atoms with E-state index in [1.165, 1.54) is 13.8 Å². The number of nitrogens with one attached hydrogen (secondary N) is 2. The maximum atomic E-state index is 11.8. The summed E-state index contributed by atoms with van der Waals surface area (Å²) in [4.78, 5) is 23.4. The first-order valence-electron chi connectivity index (χ1n) is 10.6. The van der Waals surface area contributed by atoms with Gasteiger partial charge in [0.05, 0.1) is 25.4 Å². The second-order valence-corrected chi connectivity index (χ2v) is 9.39. The Bertz CT molecular complexity index is 657. The van der Waals surface area contributed by atoms with Crippen molar-refractivity contribution < 1.29 is 49.3 Å². The Balaban J connectivity index is 2.35. The van der Waals surface area contributed by atoms with Gasteiger partial charge in [-0.15, -0.1) is 0 Å². The fourth-order valence-electron chi connectivity index (χ4n) is 4.15. The molecule has 186 valence electrons. The molecule has 0 bridgehead atoms. The molecule has 0 aromatic heterocycles. The molecule has 9 unspecified atom stereocenters. The van der Waals surface area contributed by atoms with E-state index < -0.39 is 91.5 Å². The molecular weight excluding hydrogens is 428 g/mol. The maximum Gasteiger partial charge on any atom is 0.217 e. The molecule has 0 radical (unpaired) electrons. The number of aliphatic hydroxyl groups is 5. The van der Waals surface area contributed by atoms with E-state index in [0.29, 0.717) is 0 Å². The molecule has 2 amide bonds.